The van der Waals surface area contributed by atoms with Crippen molar-refractivity contribution in [2.75, 3.05) is 0 Å². The minimum Gasteiger partial charge on any atom is -0.455 e. The van der Waals surface area contributed by atoms with E-state index < -0.39 is 5.97 Å². The van der Waals surface area contributed by atoms with Crippen LogP contribution >= 0.6 is 22.7 Å². The summed E-state index contributed by atoms with van der Waals surface area (Å²) < 4.78 is 7.84. The lowest BCUT2D eigenvalue weighted by Gasteiger charge is -2.03. The SMILES string of the molecule is Cc1ccc(C(=O)OCc2cc(=O)n3c(n2)sc2ccccc23)s1. The molecule has 0 bridgehead atoms. The number of hydrogen-bond acceptors (Lipinski definition) is 6. The number of carbonyl (C=O) groups excluding carboxylic acids is 1. The van der Waals surface area contributed by atoms with Gasteiger partial charge in [-0.25, -0.2) is 9.78 Å². The second-order valence-electron chi connectivity index (χ2n) is 5.26. The van der Waals surface area contributed by atoms with Gasteiger partial charge < -0.3 is 4.74 Å². The van der Waals surface area contributed by atoms with Crippen LogP contribution in [0.2, 0.25) is 0 Å². The predicted octanol–water partition coefficient (Wildman–Crippen LogP) is 3.64. The average molecular weight is 356 g/mol. The fourth-order valence-electron chi connectivity index (χ4n) is 2.45. The number of thiazole rings is 1. The second kappa shape index (κ2) is 5.85. The number of rotatable bonds is 3. The zero-order valence-electron chi connectivity index (χ0n) is 12.7. The fraction of sp³-hybridized carbons (Fsp3) is 0.118. The molecule has 0 spiro atoms. The zero-order chi connectivity index (χ0) is 16.7. The number of para-hydroxylation sites is 1. The van der Waals surface area contributed by atoms with Gasteiger partial charge in [0, 0.05) is 10.9 Å². The van der Waals surface area contributed by atoms with Crippen LogP contribution in [0.4, 0.5) is 0 Å². The van der Waals surface area contributed by atoms with Crippen LogP contribution in [0.5, 0.6) is 0 Å². The van der Waals surface area contributed by atoms with Crippen molar-refractivity contribution in [2.45, 2.75) is 13.5 Å². The number of nitrogens with zero attached hydrogens (tertiary/aromatic N) is 2. The summed E-state index contributed by atoms with van der Waals surface area (Å²) in [6.45, 7) is 1.91. The van der Waals surface area contributed by atoms with Gasteiger partial charge >= 0.3 is 5.97 Å². The minimum absolute atomic E-state index is 0.0181. The molecule has 0 atom stereocenters. The Kier molecular flexibility index (Phi) is 3.66. The first-order valence-corrected chi connectivity index (χ1v) is 8.89. The van der Waals surface area contributed by atoms with Crippen molar-refractivity contribution in [2.24, 2.45) is 0 Å². The van der Waals surface area contributed by atoms with Gasteiger partial charge in [-0.05, 0) is 31.2 Å². The number of ether oxygens (including phenoxy) is 1. The first kappa shape index (κ1) is 15.0. The number of aromatic nitrogens is 2. The maximum atomic E-state index is 12.4. The van der Waals surface area contributed by atoms with Gasteiger partial charge in [0.1, 0.15) is 11.5 Å². The standard InChI is InChI=1S/C17H12N2O3S2/c1-10-6-7-14(23-10)16(21)22-9-11-8-15(20)19-12-4-2-3-5-13(12)24-17(19)18-11/h2-8H,9H2,1H3. The van der Waals surface area contributed by atoms with E-state index in [0.717, 1.165) is 15.1 Å². The molecule has 7 heteroatoms. The number of thiophene rings is 1. The third kappa shape index (κ3) is 2.61. The van der Waals surface area contributed by atoms with E-state index in [1.54, 1.807) is 10.5 Å². The summed E-state index contributed by atoms with van der Waals surface area (Å²) in [6, 6.07) is 12.7. The van der Waals surface area contributed by atoms with Gasteiger partial charge in [-0.15, -0.1) is 11.3 Å². The highest BCUT2D eigenvalue weighted by molar-refractivity contribution is 7.23. The van der Waals surface area contributed by atoms with Crippen LogP contribution in [0.25, 0.3) is 15.2 Å². The first-order chi connectivity index (χ1) is 11.6. The van der Waals surface area contributed by atoms with E-state index in [1.807, 2.05) is 37.3 Å². The van der Waals surface area contributed by atoms with Crippen molar-refractivity contribution < 1.29 is 9.53 Å². The topological polar surface area (TPSA) is 60.7 Å². The Hall–Kier alpha value is -2.51. The molecule has 120 valence electrons. The highest BCUT2D eigenvalue weighted by Gasteiger charge is 2.13. The fourth-order valence-corrected chi connectivity index (χ4v) is 4.26. The third-order valence-corrected chi connectivity index (χ3v) is 5.54. The predicted molar refractivity (Wildman–Crippen MR) is 95.0 cm³/mol. The van der Waals surface area contributed by atoms with Crippen molar-refractivity contribution in [1.82, 2.24) is 9.38 Å². The molecule has 24 heavy (non-hydrogen) atoms. The smallest absolute Gasteiger partial charge is 0.348 e. The third-order valence-electron chi connectivity index (χ3n) is 3.54. The second-order valence-corrected chi connectivity index (χ2v) is 7.56. The van der Waals surface area contributed by atoms with Crippen molar-refractivity contribution in [3.63, 3.8) is 0 Å². The summed E-state index contributed by atoms with van der Waals surface area (Å²) in [5.74, 6) is -0.397. The normalized spacial score (nSPS) is 11.2. The summed E-state index contributed by atoms with van der Waals surface area (Å²) in [5.41, 5.74) is 1.12. The van der Waals surface area contributed by atoms with Crippen LogP contribution in [-0.4, -0.2) is 15.4 Å². The van der Waals surface area contributed by atoms with Crippen LogP contribution in [0.1, 0.15) is 20.2 Å². The molecule has 0 unspecified atom stereocenters. The van der Waals surface area contributed by atoms with Crippen molar-refractivity contribution >= 4 is 43.8 Å². The summed E-state index contributed by atoms with van der Waals surface area (Å²) in [7, 11) is 0. The van der Waals surface area contributed by atoms with Gasteiger partial charge in [-0.2, -0.15) is 0 Å². The highest BCUT2D eigenvalue weighted by Crippen LogP contribution is 2.23. The van der Waals surface area contributed by atoms with Gasteiger partial charge in [0.15, 0.2) is 4.96 Å². The van der Waals surface area contributed by atoms with Gasteiger partial charge in [0.25, 0.3) is 5.56 Å². The van der Waals surface area contributed by atoms with Crippen molar-refractivity contribution in [3.05, 3.63) is 68.3 Å². The molecular weight excluding hydrogens is 344 g/mol. The zero-order valence-corrected chi connectivity index (χ0v) is 14.3. The Labute approximate surface area is 144 Å². The van der Waals surface area contributed by atoms with E-state index in [1.165, 1.54) is 28.7 Å². The lowest BCUT2D eigenvalue weighted by molar-refractivity contribution is 0.0473. The molecule has 0 radical (unpaired) electrons. The molecule has 0 amide bonds. The number of aryl methyl sites for hydroxylation is 1. The molecule has 3 heterocycles. The van der Waals surface area contributed by atoms with Crippen LogP contribution in [0, 0.1) is 6.92 Å². The molecule has 0 aliphatic heterocycles. The lowest BCUT2D eigenvalue weighted by Crippen LogP contribution is -2.15. The van der Waals surface area contributed by atoms with Crippen LogP contribution < -0.4 is 5.56 Å². The molecular formula is C17H12N2O3S2. The molecule has 5 nitrogen and oxygen atoms in total. The number of fused-ring (bicyclic) bond motifs is 3. The molecule has 3 aromatic heterocycles. The number of esters is 1. The maximum Gasteiger partial charge on any atom is 0.348 e. The number of hydrogen-bond donors (Lipinski definition) is 0. The van der Waals surface area contributed by atoms with Crippen LogP contribution in [-0.2, 0) is 11.3 Å². The molecule has 4 rings (SSSR count). The molecule has 1 aromatic carbocycles. The Morgan fingerprint density at radius 1 is 1.21 bits per heavy atom. The molecule has 0 N–H and O–H groups in total. The van der Waals surface area contributed by atoms with Crippen LogP contribution in [0.15, 0.2) is 47.3 Å². The van der Waals surface area contributed by atoms with Gasteiger partial charge in [0.2, 0.25) is 0 Å². The Bertz CT molecular complexity index is 1120. The van der Waals surface area contributed by atoms with E-state index in [-0.39, 0.29) is 12.2 Å². The molecule has 0 aliphatic rings. The summed E-state index contributed by atoms with van der Waals surface area (Å²) >= 11 is 2.82. The van der Waals surface area contributed by atoms with Gasteiger partial charge in [-0.3, -0.25) is 9.20 Å². The van der Waals surface area contributed by atoms with Crippen molar-refractivity contribution in [3.8, 4) is 0 Å². The van der Waals surface area contributed by atoms with E-state index in [2.05, 4.69) is 4.98 Å². The Morgan fingerprint density at radius 3 is 2.83 bits per heavy atom. The van der Waals surface area contributed by atoms with E-state index >= 15 is 0 Å². The van der Waals surface area contributed by atoms with Crippen molar-refractivity contribution in [1.29, 1.82) is 0 Å². The number of carbonyl (C=O) groups is 1. The molecule has 0 fully saturated rings. The first-order valence-electron chi connectivity index (χ1n) is 7.25. The average Bonchev–Trinajstić information content (AvgIpc) is 3.16. The van der Waals surface area contributed by atoms with E-state index in [0.29, 0.717) is 15.5 Å². The Balaban J connectivity index is 1.64. The maximum absolute atomic E-state index is 12.4. The molecule has 0 saturated carbocycles. The Morgan fingerprint density at radius 2 is 2.04 bits per heavy atom. The van der Waals surface area contributed by atoms with E-state index in [9.17, 15) is 9.59 Å². The van der Waals surface area contributed by atoms with Gasteiger partial charge in [-0.1, -0.05) is 23.5 Å². The highest BCUT2D eigenvalue weighted by atomic mass is 32.1. The number of benzene rings is 1. The largest absolute Gasteiger partial charge is 0.455 e. The molecule has 4 aromatic rings. The summed E-state index contributed by atoms with van der Waals surface area (Å²) in [4.78, 5) is 31.0. The summed E-state index contributed by atoms with van der Waals surface area (Å²) in [5, 5.41) is 0. The van der Waals surface area contributed by atoms with Crippen LogP contribution in [0.3, 0.4) is 0 Å². The molecule has 0 saturated heterocycles. The minimum atomic E-state index is -0.397. The molecule has 0 aliphatic carbocycles. The quantitative estimate of drug-likeness (QED) is 0.526. The monoisotopic (exact) mass is 356 g/mol. The lowest BCUT2D eigenvalue weighted by atomic mass is 10.3. The van der Waals surface area contributed by atoms with E-state index in [4.69, 9.17) is 4.74 Å². The van der Waals surface area contributed by atoms with Gasteiger partial charge in [0.05, 0.1) is 15.9 Å². The summed E-state index contributed by atoms with van der Waals surface area (Å²) in [6.07, 6.45) is 0.